The molecule has 28 heavy (non-hydrogen) atoms. The highest BCUT2D eigenvalue weighted by atomic mass is 35.5. The average Bonchev–Trinajstić information content (AvgIpc) is 2.58. The number of ether oxygens (including phenoxy) is 1. The fourth-order valence-corrected chi connectivity index (χ4v) is 3.69. The lowest BCUT2D eigenvalue weighted by molar-refractivity contribution is -0.160. The first kappa shape index (κ1) is 20.7. The fraction of sp³-hybridized carbons (Fsp3) is 0.261. The number of carboxylic acids is 1. The molecule has 3 aromatic carbocycles. The van der Waals surface area contributed by atoms with Gasteiger partial charge in [-0.3, -0.25) is 0 Å². The summed E-state index contributed by atoms with van der Waals surface area (Å²) >= 11 is 12.3. The summed E-state index contributed by atoms with van der Waals surface area (Å²) in [5.74, 6) is -1.03. The lowest BCUT2D eigenvalue weighted by Gasteiger charge is -2.28. The number of hydrogen-bond donors (Lipinski definition) is 1. The molecule has 0 bridgehead atoms. The highest BCUT2D eigenvalue weighted by Crippen LogP contribution is 2.41. The van der Waals surface area contributed by atoms with Crippen molar-refractivity contribution in [1.82, 2.24) is 0 Å². The van der Waals surface area contributed by atoms with Gasteiger partial charge in [0.2, 0.25) is 0 Å². The van der Waals surface area contributed by atoms with E-state index in [0.29, 0.717) is 15.6 Å². The molecule has 1 unspecified atom stereocenters. The number of hydrogen-bond acceptors (Lipinski definition) is 2. The lowest BCUT2D eigenvalue weighted by atomic mass is 9.87. The quantitative estimate of drug-likeness (QED) is 0.494. The average molecular weight is 417 g/mol. The van der Waals surface area contributed by atoms with Crippen molar-refractivity contribution in [3.63, 3.8) is 0 Å². The first-order valence-electron chi connectivity index (χ1n) is 8.96. The Labute approximate surface area is 174 Å². The molecule has 0 aliphatic carbocycles. The Morgan fingerprint density at radius 1 is 1.00 bits per heavy atom. The van der Waals surface area contributed by atoms with E-state index in [2.05, 4.69) is 0 Å². The predicted octanol–water partition coefficient (Wildman–Crippen LogP) is 7.06. The Hall–Kier alpha value is -2.07. The Balaban J connectivity index is 2.39. The molecule has 0 heterocycles. The maximum absolute atomic E-state index is 12.2. The molecule has 5 heteroatoms. The molecule has 3 aromatic rings. The van der Waals surface area contributed by atoms with Crippen molar-refractivity contribution in [2.24, 2.45) is 0 Å². The monoisotopic (exact) mass is 416 g/mol. The molecule has 0 spiro atoms. The van der Waals surface area contributed by atoms with Crippen molar-refractivity contribution >= 4 is 39.9 Å². The van der Waals surface area contributed by atoms with E-state index in [4.69, 9.17) is 27.9 Å². The van der Waals surface area contributed by atoms with Crippen LogP contribution in [-0.2, 0) is 9.53 Å². The van der Waals surface area contributed by atoms with E-state index >= 15 is 0 Å². The zero-order valence-corrected chi connectivity index (χ0v) is 17.7. The van der Waals surface area contributed by atoms with Gasteiger partial charge >= 0.3 is 5.97 Å². The van der Waals surface area contributed by atoms with Gasteiger partial charge in [-0.15, -0.1) is 0 Å². The first-order valence-corrected chi connectivity index (χ1v) is 9.72. The van der Waals surface area contributed by atoms with E-state index < -0.39 is 17.7 Å². The summed E-state index contributed by atoms with van der Waals surface area (Å²) in [4.78, 5) is 12.2. The topological polar surface area (TPSA) is 46.5 Å². The molecule has 0 saturated heterocycles. The van der Waals surface area contributed by atoms with Gasteiger partial charge in [-0.25, -0.2) is 4.79 Å². The van der Waals surface area contributed by atoms with Crippen LogP contribution in [0.15, 0.2) is 48.5 Å². The van der Waals surface area contributed by atoms with Gasteiger partial charge in [0, 0.05) is 15.6 Å². The fourth-order valence-electron chi connectivity index (χ4n) is 3.39. The van der Waals surface area contributed by atoms with E-state index in [0.717, 1.165) is 27.5 Å². The highest BCUT2D eigenvalue weighted by molar-refractivity contribution is 6.31. The largest absolute Gasteiger partial charge is 0.479 e. The van der Waals surface area contributed by atoms with E-state index in [9.17, 15) is 9.90 Å². The number of aliphatic carboxylic acids is 1. The second-order valence-electron chi connectivity index (χ2n) is 7.80. The molecule has 0 aliphatic heterocycles. The maximum atomic E-state index is 12.2. The third-order valence-corrected chi connectivity index (χ3v) is 4.93. The minimum atomic E-state index is -1.11. The smallest absolute Gasteiger partial charge is 0.337 e. The molecule has 0 aliphatic rings. The lowest BCUT2D eigenvalue weighted by Crippen LogP contribution is -2.28. The molecule has 0 saturated carbocycles. The summed E-state index contributed by atoms with van der Waals surface area (Å²) in [6.07, 6.45) is -1.11. The number of carbonyl (C=O) groups is 1. The zero-order chi connectivity index (χ0) is 20.6. The normalized spacial score (nSPS) is 12.9. The molecule has 3 nitrogen and oxygen atoms in total. The molecule has 0 aromatic heterocycles. The number of fused-ring (bicyclic) bond motifs is 1. The molecule has 0 fully saturated rings. The number of benzene rings is 3. The Kier molecular flexibility index (Phi) is 5.72. The molecule has 146 valence electrons. The van der Waals surface area contributed by atoms with Crippen molar-refractivity contribution < 1.29 is 14.6 Å². The number of rotatable bonds is 4. The van der Waals surface area contributed by atoms with Crippen molar-refractivity contribution in [1.29, 1.82) is 0 Å². The van der Waals surface area contributed by atoms with Gasteiger partial charge in [0.1, 0.15) is 0 Å². The molecule has 1 atom stereocenters. The summed E-state index contributed by atoms with van der Waals surface area (Å²) in [5, 5.41) is 13.1. The second kappa shape index (κ2) is 7.75. The number of halogens is 2. The van der Waals surface area contributed by atoms with E-state index in [1.54, 1.807) is 12.1 Å². The van der Waals surface area contributed by atoms with Crippen LogP contribution in [0.25, 0.3) is 21.9 Å². The molecular weight excluding hydrogens is 395 g/mol. The van der Waals surface area contributed by atoms with Gasteiger partial charge in [0.15, 0.2) is 6.10 Å². The summed E-state index contributed by atoms with van der Waals surface area (Å²) in [7, 11) is 0. The van der Waals surface area contributed by atoms with Gasteiger partial charge in [-0.2, -0.15) is 0 Å². The first-order chi connectivity index (χ1) is 13.1. The Bertz CT molecular complexity index is 1030. The third-order valence-electron chi connectivity index (χ3n) is 4.44. The van der Waals surface area contributed by atoms with Crippen LogP contribution in [0, 0.1) is 6.92 Å². The second-order valence-corrected chi connectivity index (χ2v) is 8.68. The van der Waals surface area contributed by atoms with Crippen molar-refractivity contribution in [2.75, 3.05) is 0 Å². The van der Waals surface area contributed by atoms with Gasteiger partial charge in [-0.05, 0) is 79.4 Å². The molecule has 0 radical (unpaired) electrons. The summed E-state index contributed by atoms with van der Waals surface area (Å²) in [5.41, 5.74) is 2.54. The Morgan fingerprint density at radius 3 is 2.18 bits per heavy atom. The van der Waals surface area contributed by atoms with Crippen LogP contribution in [0.5, 0.6) is 0 Å². The van der Waals surface area contributed by atoms with Gasteiger partial charge in [0.05, 0.1) is 5.60 Å². The van der Waals surface area contributed by atoms with Crippen LogP contribution in [0.1, 0.15) is 38.0 Å². The predicted molar refractivity (Wildman–Crippen MR) is 115 cm³/mol. The van der Waals surface area contributed by atoms with Crippen LogP contribution in [0.3, 0.4) is 0 Å². The molecule has 0 amide bonds. The van der Waals surface area contributed by atoms with Gasteiger partial charge in [0.25, 0.3) is 0 Å². The highest BCUT2D eigenvalue weighted by Gasteiger charge is 2.31. The van der Waals surface area contributed by atoms with Crippen LogP contribution in [-0.4, -0.2) is 16.7 Å². The number of aryl methyl sites for hydroxylation is 1. The Morgan fingerprint density at radius 2 is 1.61 bits per heavy atom. The van der Waals surface area contributed by atoms with Gasteiger partial charge in [-0.1, -0.05) is 47.5 Å². The molecule has 1 N–H and O–H groups in total. The molecule has 3 rings (SSSR count). The van der Waals surface area contributed by atoms with Crippen molar-refractivity contribution in [3.8, 4) is 11.1 Å². The van der Waals surface area contributed by atoms with Crippen LogP contribution < -0.4 is 0 Å². The van der Waals surface area contributed by atoms with Crippen LogP contribution >= 0.6 is 23.2 Å². The van der Waals surface area contributed by atoms with Crippen molar-refractivity contribution in [2.45, 2.75) is 39.4 Å². The summed E-state index contributed by atoms with van der Waals surface area (Å²) in [6.45, 7) is 7.44. The maximum Gasteiger partial charge on any atom is 0.337 e. The summed E-state index contributed by atoms with van der Waals surface area (Å²) < 4.78 is 5.97. The minimum Gasteiger partial charge on any atom is -0.479 e. The molecular formula is C23H22Cl2O3. The van der Waals surface area contributed by atoms with Gasteiger partial charge < -0.3 is 9.84 Å². The van der Waals surface area contributed by atoms with E-state index in [1.807, 2.05) is 64.1 Å². The summed E-state index contributed by atoms with van der Waals surface area (Å²) in [6, 6.07) is 14.9. The third kappa shape index (κ3) is 4.33. The van der Waals surface area contributed by atoms with Crippen molar-refractivity contribution in [3.05, 3.63) is 69.7 Å². The minimum absolute atomic E-state index is 0.617. The zero-order valence-electron chi connectivity index (χ0n) is 16.2. The van der Waals surface area contributed by atoms with Crippen LogP contribution in [0.4, 0.5) is 0 Å². The number of carboxylic acid groups (broad SMARTS) is 1. The van der Waals surface area contributed by atoms with Crippen LogP contribution in [0.2, 0.25) is 10.0 Å². The van der Waals surface area contributed by atoms with E-state index in [1.165, 1.54) is 0 Å². The SMILES string of the molecule is Cc1cc2cc(Cl)ccc2c(-c2ccc(Cl)cc2)c1C(OC(C)(C)C)C(=O)O. The standard InChI is InChI=1S/C23H22Cl2O3/c1-13-11-15-12-17(25)9-10-18(15)20(14-5-7-16(24)8-6-14)19(13)21(22(26)27)28-23(2,3)4/h5-12,21H,1-4H3,(H,26,27). The van der Waals surface area contributed by atoms with E-state index in [-0.39, 0.29) is 0 Å².